The van der Waals surface area contributed by atoms with Crippen molar-refractivity contribution in [2.75, 3.05) is 6.54 Å². The zero-order valence-corrected chi connectivity index (χ0v) is 8.74. The predicted molar refractivity (Wildman–Crippen MR) is 59.2 cm³/mol. The molecule has 0 bridgehead atoms. The van der Waals surface area contributed by atoms with E-state index in [1.807, 2.05) is 0 Å². The van der Waals surface area contributed by atoms with E-state index in [9.17, 15) is 4.79 Å². The highest BCUT2D eigenvalue weighted by Gasteiger charge is 2.04. The van der Waals surface area contributed by atoms with E-state index >= 15 is 0 Å². The maximum Gasteiger partial charge on any atom is 0.258 e. The third-order valence-electron chi connectivity index (χ3n) is 2.10. The number of fused-ring (bicyclic) bond motifs is 1. The van der Waals surface area contributed by atoms with E-state index in [1.54, 1.807) is 18.3 Å². The second-order valence-corrected chi connectivity index (χ2v) is 3.58. The first-order valence-corrected chi connectivity index (χ1v) is 4.97. The number of hydrogen-bond acceptors (Lipinski definition) is 3. The second kappa shape index (κ2) is 4.00. The van der Waals surface area contributed by atoms with Crippen molar-refractivity contribution in [1.82, 2.24) is 9.38 Å². The first-order chi connectivity index (χ1) is 7.22. The zero-order chi connectivity index (χ0) is 10.8. The quantitative estimate of drug-likeness (QED) is 0.821. The van der Waals surface area contributed by atoms with E-state index in [-0.39, 0.29) is 5.56 Å². The monoisotopic (exact) mass is 223 g/mol. The molecule has 5 heteroatoms. The molecule has 2 aromatic heterocycles. The van der Waals surface area contributed by atoms with Gasteiger partial charge in [0, 0.05) is 24.4 Å². The summed E-state index contributed by atoms with van der Waals surface area (Å²) in [6, 6.07) is 4.90. The zero-order valence-electron chi connectivity index (χ0n) is 7.98. The highest BCUT2D eigenvalue weighted by molar-refractivity contribution is 6.33. The largest absolute Gasteiger partial charge is 0.330 e. The van der Waals surface area contributed by atoms with Gasteiger partial charge in [0.25, 0.3) is 5.56 Å². The topological polar surface area (TPSA) is 60.4 Å². The molecule has 0 aliphatic rings. The first kappa shape index (κ1) is 10.1. The van der Waals surface area contributed by atoms with Gasteiger partial charge in [0.05, 0.1) is 5.02 Å². The Balaban J connectivity index is 2.74. The Morgan fingerprint density at radius 2 is 2.33 bits per heavy atom. The van der Waals surface area contributed by atoms with Gasteiger partial charge in [-0.15, -0.1) is 0 Å². The van der Waals surface area contributed by atoms with E-state index in [0.717, 1.165) is 0 Å². The molecule has 4 nitrogen and oxygen atoms in total. The molecule has 0 radical (unpaired) electrons. The van der Waals surface area contributed by atoms with Gasteiger partial charge < -0.3 is 5.73 Å². The maximum absolute atomic E-state index is 11.7. The molecule has 0 atom stereocenters. The molecule has 0 fully saturated rings. The molecular weight excluding hydrogens is 214 g/mol. The summed E-state index contributed by atoms with van der Waals surface area (Å²) in [5.74, 6) is 0. The minimum absolute atomic E-state index is 0.133. The van der Waals surface area contributed by atoms with Crippen LogP contribution in [-0.4, -0.2) is 15.9 Å². The molecule has 2 N–H and O–H groups in total. The standard InChI is InChI=1S/C10H10ClN3O/c11-8-2-1-5-14-9(15)6-7(3-4-12)13-10(8)14/h1-2,5-6H,3-4,12H2. The summed E-state index contributed by atoms with van der Waals surface area (Å²) in [5.41, 5.74) is 6.44. The van der Waals surface area contributed by atoms with Crippen LogP contribution in [0, 0.1) is 0 Å². The molecule has 0 aliphatic heterocycles. The Kier molecular flexibility index (Phi) is 2.70. The first-order valence-electron chi connectivity index (χ1n) is 4.59. The molecular formula is C10H10ClN3O. The van der Waals surface area contributed by atoms with Crippen LogP contribution in [-0.2, 0) is 6.42 Å². The van der Waals surface area contributed by atoms with Crippen LogP contribution in [0.3, 0.4) is 0 Å². The molecule has 78 valence electrons. The fourth-order valence-corrected chi connectivity index (χ4v) is 1.62. The number of nitrogens with two attached hydrogens (primary N) is 1. The highest BCUT2D eigenvalue weighted by atomic mass is 35.5. The summed E-state index contributed by atoms with van der Waals surface area (Å²) in [5, 5.41) is 0.466. The van der Waals surface area contributed by atoms with Crippen LogP contribution in [0.4, 0.5) is 0 Å². The van der Waals surface area contributed by atoms with Gasteiger partial charge in [-0.2, -0.15) is 0 Å². The van der Waals surface area contributed by atoms with Crippen LogP contribution < -0.4 is 11.3 Å². The van der Waals surface area contributed by atoms with E-state index in [0.29, 0.717) is 29.3 Å². The fourth-order valence-electron chi connectivity index (χ4n) is 1.42. The summed E-state index contributed by atoms with van der Waals surface area (Å²) in [6.45, 7) is 0.465. The number of pyridine rings is 1. The number of nitrogens with zero attached hydrogens (tertiary/aromatic N) is 2. The predicted octanol–water partition coefficient (Wildman–Crippen LogP) is 0.849. The van der Waals surface area contributed by atoms with Gasteiger partial charge in [0.2, 0.25) is 0 Å². The molecule has 0 aliphatic carbocycles. The van der Waals surface area contributed by atoms with Gasteiger partial charge in [-0.3, -0.25) is 9.20 Å². The molecule has 0 unspecified atom stereocenters. The number of aromatic nitrogens is 2. The van der Waals surface area contributed by atoms with E-state index in [4.69, 9.17) is 17.3 Å². The van der Waals surface area contributed by atoms with Crippen molar-refractivity contribution < 1.29 is 0 Å². The van der Waals surface area contributed by atoms with Crippen LogP contribution >= 0.6 is 11.6 Å². The minimum Gasteiger partial charge on any atom is -0.330 e. The van der Waals surface area contributed by atoms with Gasteiger partial charge in [-0.1, -0.05) is 11.6 Å². The smallest absolute Gasteiger partial charge is 0.258 e. The molecule has 2 rings (SSSR count). The Bertz CT molecular complexity index is 550. The van der Waals surface area contributed by atoms with Crippen LogP contribution in [0.25, 0.3) is 5.65 Å². The Labute approximate surface area is 91.3 Å². The Hall–Kier alpha value is -1.39. The van der Waals surface area contributed by atoms with Crippen molar-refractivity contribution >= 4 is 17.2 Å². The summed E-state index contributed by atoms with van der Waals surface area (Å²) in [7, 11) is 0. The van der Waals surface area contributed by atoms with Gasteiger partial charge >= 0.3 is 0 Å². The van der Waals surface area contributed by atoms with Crippen molar-refractivity contribution in [1.29, 1.82) is 0 Å². The average Bonchev–Trinajstić information content (AvgIpc) is 2.20. The lowest BCUT2D eigenvalue weighted by atomic mass is 10.3. The Morgan fingerprint density at radius 1 is 1.53 bits per heavy atom. The average molecular weight is 224 g/mol. The summed E-state index contributed by atoms with van der Waals surface area (Å²) in [6.07, 6.45) is 2.22. The molecule has 2 aromatic rings. The lowest BCUT2D eigenvalue weighted by Crippen LogP contribution is -2.17. The van der Waals surface area contributed by atoms with E-state index in [2.05, 4.69) is 4.98 Å². The lowest BCUT2D eigenvalue weighted by Gasteiger charge is -2.03. The third-order valence-corrected chi connectivity index (χ3v) is 2.39. The molecule has 15 heavy (non-hydrogen) atoms. The third kappa shape index (κ3) is 1.86. The van der Waals surface area contributed by atoms with Crippen LogP contribution in [0.5, 0.6) is 0 Å². The molecule has 2 heterocycles. The van der Waals surface area contributed by atoms with Gasteiger partial charge in [0.15, 0.2) is 5.65 Å². The SMILES string of the molecule is NCCc1cc(=O)n2cccc(Cl)c2n1. The molecule has 0 saturated heterocycles. The van der Waals surface area contributed by atoms with Gasteiger partial charge in [-0.25, -0.2) is 4.98 Å². The highest BCUT2D eigenvalue weighted by Crippen LogP contribution is 2.12. The summed E-state index contributed by atoms with van der Waals surface area (Å²) in [4.78, 5) is 15.9. The molecule has 0 amide bonds. The summed E-state index contributed by atoms with van der Waals surface area (Å²) < 4.78 is 1.42. The van der Waals surface area contributed by atoms with Crippen molar-refractivity contribution in [2.45, 2.75) is 6.42 Å². The van der Waals surface area contributed by atoms with Crippen LogP contribution in [0.1, 0.15) is 5.69 Å². The van der Waals surface area contributed by atoms with E-state index in [1.165, 1.54) is 10.5 Å². The lowest BCUT2D eigenvalue weighted by molar-refractivity contribution is 0.901. The van der Waals surface area contributed by atoms with Crippen molar-refractivity contribution in [3.8, 4) is 0 Å². The molecule has 0 spiro atoms. The van der Waals surface area contributed by atoms with Crippen molar-refractivity contribution in [2.24, 2.45) is 5.73 Å². The number of halogens is 1. The second-order valence-electron chi connectivity index (χ2n) is 3.17. The number of hydrogen-bond donors (Lipinski definition) is 1. The Morgan fingerprint density at radius 3 is 3.07 bits per heavy atom. The normalized spacial score (nSPS) is 10.8. The number of rotatable bonds is 2. The fraction of sp³-hybridized carbons (Fsp3) is 0.200. The van der Waals surface area contributed by atoms with Crippen LogP contribution in [0.15, 0.2) is 29.2 Å². The van der Waals surface area contributed by atoms with Crippen LogP contribution in [0.2, 0.25) is 5.02 Å². The van der Waals surface area contributed by atoms with Gasteiger partial charge in [0.1, 0.15) is 0 Å². The molecule has 0 aromatic carbocycles. The van der Waals surface area contributed by atoms with Gasteiger partial charge in [-0.05, 0) is 18.7 Å². The maximum atomic E-state index is 11.7. The minimum atomic E-state index is -0.133. The van der Waals surface area contributed by atoms with Crippen molar-refractivity contribution in [3.05, 3.63) is 45.5 Å². The molecule has 0 saturated carbocycles. The van der Waals surface area contributed by atoms with E-state index < -0.39 is 0 Å². The van der Waals surface area contributed by atoms with Crippen molar-refractivity contribution in [3.63, 3.8) is 0 Å². The summed E-state index contributed by atoms with van der Waals surface area (Å²) >= 11 is 5.95.